The van der Waals surface area contributed by atoms with Gasteiger partial charge in [0.25, 0.3) is 10.0 Å². The number of allylic oxidation sites excluding steroid dienone is 2. The maximum atomic E-state index is 13.1. The van der Waals surface area contributed by atoms with Gasteiger partial charge in [0.15, 0.2) is 5.84 Å². The second-order valence-electron chi connectivity index (χ2n) is 7.06. The third-order valence-corrected chi connectivity index (χ3v) is 7.21. The molecule has 2 aliphatic heterocycles. The fraction of sp³-hybridized carbons (Fsp3) is 0.227. The zero-order valence-electron chi connectivity index (χ0n) is 16.7. The maximum absolute atomic E-state index is 13.1. The summed E-state index contributed by atoms with van der Waals surface area (Å²) >= 11 is 6.06. The Morgan fingerprint density at radius 3 is 2.63 bits per heavy atom. The number of nitrogens with zero attached hydrogens (tertiary/aromatic N) is 3. The Labute approximate surface area is 181 Å². The predicted octanol–water partition coefficient (Wildman–Crippen LogP) is 4.36. The minimum absolute atomic E-state index is 0.110. The fourth-order valence-corrected chi connectivity index (χ4v) is 5.09. The molecule has 0 amide bonds. The Morgan fingerprint density at radius 2 is 1.90 bits per heavy atom. The minimum atomic E-state index is -3.75. The number of aryl methyl sites for hydroxylation is 1. The van der Waals surface area contributed by atoms with Gasteiger partial charge in [-0.15, -0.1) is 0 Å². The lowest BCUT2D eigenvalue weighted by atomic mass is 10.1. The number of methoxy groups -OCH3 is 1. The maximum Gasteiger partial charge on any atom is 0.266 e. The van der Waals surface area contributed by atoms with Crippen molar-refractivity contribution in [2.24, 2.45) is 4.99 Å². The number of fused-ring (bicyclic) bond motifs is 2. The van der Waals surface area contributed by atoms with Crippen molar-refractivity contribution >= 4 is 33.1 Å². The average molecular weight is 444 g/mol. The summed E-state index contributed by atoms with van der Waals surface area (Å²) in [5, 5.41) is 0.360. The topological polar surface area (TPSA) is 62.2 Å². The van der Waals surface area contributed by atoms with Gasteiger partial charge in [-0.3, -0.25) is 4.31 Å². The van der Waals surface area contributed by atoms with Crippen LogP contribution < -0.4 is 4.74 Å². The van der Waals surface area contributed by atoms with Crippen LogP contribution in [0.5, 0.6) is 5.75 Å². The van der Waals surface area contributed by atoms with Crippen LogP contribution in [0.1, 0.15) is 12.0 Å². The first-order valence-electron chi connectivity index (χ1n) is 9.56. The number of hydrogen-bond donors (Lipinski definition) is 0. The SMILES string of the molecule is COc1ccc(CCCN2C=CC=C3C2=Nc2ccc(Cl)cc2S(=O)(=O)N3C)cc1. The van der Waals surface area contributed by atoms with Gasteiger partial charge in [-0.2, -0.15) is 0 Å². The second-order valence-corrected chi connectivity index (χ2v) is 9.43. The van der Waals surface area contributed by atoms with Crippen molar-refractivity contribution in [1.29, 1.82) is 0 Å². The zero-order chi connectivity index (χ0) is 21.3. The third kappa shape index (κ3) is 3.82. The van der Waals surface area contributed by atoms with Gasteiger partial charge in [-0.1, -0.05) is 23.7 Å². The van der Waals surface area contributed by atoms with E-state index in [1.807, 2.05) is 29.3 Å². The van der Waals surface area contributed by atoms with Crippen LogP contribution >= 0.6 is 11.6 Å². The smallest absolute Gasteiger partial charge is 0.266 e. The Morgan fingerprint density at radius 1 is 1.13 bits per heavy atom. The number of sulfonamides is 1. The summed E-state index contributed by atoms with van der Waals surface area (Å²) in [4.78, 5) is 6.81. The van der Waals surface area contributed by atoms with Crippen LogP contribution in [-0.4, -0.2) is 44.2 Å². The van der Waals surface area contributed by atoms with Crippen molar-refractivity contribution in [2.75, 3.05) is 20.7 Å². The van der Waals surface area contributed by atoms with Gasteiger partial charge in [-0.25, -0.2) is 13.4 Å². The van der Waals surface area contributed by atoms with E-state index in [0.717, 1.165) is 18.6 Å². The highest BCUT2D eigenvalue weighted by atomic mass is 35.5. The van der Waals surface area contributed by atoms with Crippen LogP contribution in [0, 0.1) is 0 Å². The van der Waals surface area contributed by atoms with Crippen LogP contribution in [0.4, 0.5) is 5.69 Å². The molecule has 2 aliphatic rings. The van der Waals surface area contributed by atoms with Crippen molar-refractivity contribution in [3.05, 3.63) is 77.1 Å². The van der Waals surface area contributed by atoms with E-state index in [-0.39, 0.29) is 4.90 Å². The first kappa shape index (κ1) is 20.5. The monoisotopic (exact) mass is 443 g/mol. The number of hydrogen-bond acceptors (Lipinski definition) is 5. The summed E-state index contributed by atoms with van der Waals surface area (Å²) in [5.74, 6) is 1.45. The van der Waals surface area contributed by atoms with Crippen LogP contribution in [0.2, 0.25) is 5.02 Å². The Bertz CT molecular complexity index is 1150. The Hall–Kier alpha value is -2.77. The Balaban J connectivity index is 1.59. The van der Waals surface area contributed by atoms with Crippen molar-refractivity contribution in [3.8, 4) is 5.75 Å². The normalized spacial score (nSPS) is 16.9. The second kappa shape index (κ2) is 8.16. The molecular weight excluding hydrogens is 422 g/mol. The van der Waals surface area contributed by atoms with Crippen LogP contribution in [0.3, 0.4) is 0 Å². The third-order valence-electron chi connectivity index (χ3n) is 5.17. The van der Waals surface area contributed by atoms with E-state index in [1.165, 1.54) is 15.9 Å². The van der Waals surface area contributed by atoms with E-state index in [4.69, 9.17) is 21.3 Å². The summed E-state index contributed by atoms with van der Waals surface area (Å²) in [5.41, 5.74) is 2.14. The molecule has 0 unspecified atom stereocenters. The van der Waals surface area contributed by atoms with Crippen LogP contribution in [0.15, 0.2) is 76.4 Å². The zero-order valence-corrected chi connectivity index (χ0v) is 18.3. The lowest BCUT2D eigenvalue weighted by Crippen LogP contribution is -2.37. The van der Waals surface area contributed by atoms with Crippen LogP contribution in [-0.2, 0) is 16.4 Å². The molecule has 30 heavy (non-hydrogen) atoms. The highest BCUT2D eigenvalue weighted by Crippen LogP contribution is 2.36. The van der Waals surface area contributed by atoms with Gasteiger partial charge < -0.3 is 9.64 Å². The highest BCUT2D eigenvalue weighted by Gasteiger charge is 2.34. The largest absolute Gasteiger partial charge is 0.497 e. The molecule has 6 nitrogen and oxygen atoms in total. The van der Waals surface area contributed by atoms with Gasteiger partial charge in [0.1, 0.15) is 10.6 Å². The molecule has 0 aromatic heterocycles. The first-order chi connectivity index (χ1) is 14.4. The highest BCUT2D eigenvalue weighted by molar-refractivity contribution is 7.89. The molecule has 0 fully saturated rings. The Kier molecular flexibility index (Phi) is 5.58. The van der Waals surface area contributed by atoms with E-state index in [0.29, 0.717) is 28.8 Å². The number of likely N-dealkylation sites (N-methyl/N-ethyl adjacent to an activating group) is 1. The van der Waals surface area contributed by atoms with E-state index in [1.54, 1.807) is 32.4 Å². The fourth-order valence-electron chi connectivity index (χ4n) is 3.50. The summed E-state index contributed by atoms with van der Waals surface area (Å²) in [7, 11) is -0.555. The van der Waals surface area contributed by atoms with E-state index in [2.05, 4.69) is 12.1 Å². The lowest BCUT2D eigenvalue weighted by molar-refractivity contribution is 0.414. The van der Waals surface area contributed by atoms with Crippen molar-refractivity contribution in [3.63, 3.8) is 0 Å². The van der Waals surface area contributed by atoms with Gasteiger partial charge in [0.05, 0.1) is 18.5 Å². The molecule has 0 radical (unpaired) electrons. The molecule has 2 aromatic carbocycles. The summed E-state index contributed by atoms with van der Waals surface area (Å²) < 4.78 is 32.7. The van der Waals surface area contributed by atoms with E-state index < -0.39 is 10.0 Å². The molecular formula is C22H22ClN3O3S. The predicted molar refractivity (Wildman–Crippen MR) is 119 cm³/mol. The molecule has 156 valence electrons. The number of halogens is 1. The molecule has 0 atom stereocenters. The molecule has 4 rings (SSSR count). The summed E-state index contributed by atoms with van der Waals surface area (Å²) in [6.07, 6.45) is 7.31. The molecule has 0 saturated carbocycles. The number of rotatable bonds is 5. The molecule has 2 aromatic rings. The van der Waals surface area contributed by atoms with Crippen molar-refractivity contribution in [1.82, 2.24) is 9.21 Å². The van der Waals surface area contributed by atoms with Gasteiger partial charge in [-0.05, 0) is 60.9 Å². The molecule has 0 bridgehead atoms. The number of aliphatic imine (C=N–C) groups is 1. The van der Waals surface area contributed by atoms with Crippen molar-refractivity contribution in [2.45, 2.75) is 17.7 Å². The summed E-state index contributed by atoms with van der Waals surface area (Å²) in [6, 6.07) is 12.8. The number of amidine groups is 1. The number of ether oxygens (including phenoxy) is 1. The van der Waals surface area contributed by atoms with Gasteiger partial charge in [0, 0.05) is 24.8 Å². The molecule has 0 aliphatic carbocycles. The van der Waals surface area contributed by atoms with Gasteiger partial charge in [0.2, 0.25) is 0 Å². The first-order valence-corrected chi connectivity index (χ1v) is 11.4. The molecule has 0 saturated heterocycles. The number of benzene rings is 2. The minimum Gasteiger partial charge on any atom is -0.497 e. The van der Waals surface area contributed by atoms with E-state index >= 15 is 0 Å². The summed E-state index contributed by atoms with van der Waals surface area (Å²) in [6.45, 7) is 0.704. The molecule has 0 N–H and O–H groups in total. The lowest BCUT2D eigenvalue weighted by Gasteiger charge is -2.29. The van der Waals surface area contributed by atoms with Crippen molar-refractivity contribution < 1.29 is 13.2 Å². The molecule has 0 spiro atoms. The quantitative estimate of drug-likeness (QED) is 0.688. The average Bonchev–Trinajstić information content (AvgIpc) is 2.83. The van der Waals surface area contributed by atoms with Crippen LogP contribution in [0.25, 0.3) is 0 Å². The standard InChI is InChI=1S/C22H22ClN3O3S/c1-25-20-6-4-14-26(13-3-5-16-7-10-18(29-2)11-8-16)22(20)24-19-12-9-17(23)15-21(19)30(25,27)28/h4,6-12,14-15H,3,5,13H2,1-2H3. The van der Waals surface area contributed by atoms with Gasteiger partial charge >= 0.3 is 0 Å². The van der Waals surface area contributed by atoms with E-state index in [9.17, 15) is 8.42 Å². The molecule has 2 heterocycles. The molecule has 8 heteroatoms.